The predicted molar refractivity (Wildman–Crippen MR) is 62.7 cm³/mol. The van der Waals surface area contributed by atoms with E-state index in [1.54, 1.807) is 12.4 Å². The Morgan fingerprint density at radius 1 is 1.07 bits per heavy atom. The standard InChI is InChI=1S/C13H16N2/c1-13(2,3)9-10-5-4-6-11-12(10)15-8-7-14-11/h4-8H,9H2,1-3H3. The summed E-state index contributed by atoms with van der Waals surface area (Å²) in [5.74, 6) is 0. The Balaban J connectivity index is 2.52. The zero-order chi connectivity index (χ0) is 10.9. The lowest BCUT2D eigenvalue weighted by Crippen LogP contribution is -2.09. The molecule has 0 atom stereocenters. The molecule has 0 saturated heterocycles. The highest BCUT2D eigenvalue weighted by Gasteiger charge is 2.13. The fourth-order valence-electron chi connectivity index (χ4n) is 1.77. The van der Waals surface area contributed by atoms with Gasteiger partial charge in [0.05, 0.1) is 11.0 Å². The van der Waals surface area contributed by atoms with Gasteiger partial charge in [-0.3, -0.25) is 9.97 Å². The van der Waals surface area contributed by atoms with Gasteiger partial charge < -0.3 is 0 Å². The summed E-state index contributed by atoms with van der Waals surface area (Å²) in [6, 6.07) is 6.20. The lowest BCUT2D eigenvalue weighted by atomic mass is 9.87. The molecule has 2 nitrogen and oxygen atoms in total. The Morgan fingerprint density at radius 2 is 1.80 bits per heavy atom. The molecule has 2 heteroatoms. The Bertz CT molecular complexity index is 464. The molecular weight excluding hydrogens is 184 g/mol. The van der Waals surface area contributed by atoms with Crippen molar-refractivity contribution in [3.05, 3.63) is 36.2 Å². The monoisotopic (exact) mass is 200 g/mol. The van der Waals surface area contributed by atoms with E-state index in [9.17, 15) is 0 Å². The van der Waals surface area contributed by atoms with E-state index in [1.165, 1.54) is 5.56 Å². The highest BCUT2D eigenvalue weighted by Crippen LogP contribution is 2.24. The largest absolute Gasteiger partial charge is 0.253 e. The summed E-state index contributed by atoms with van der Waals surface area (Å²) in [7, 11) is 0. The van der Waals surface area contributed by atoms with Crippen LogP contribution in [0.2, 0.25) is 0 Å². The normalized spacial score (nSPS) is 11.9. The van der Waals surface area contributed by atoms with E-state index < -0.39 is 0 Å². The third-order valence-corrected chi connectivity index (χ3v) is 2.30. The number of hydrogen-bond donors (Lipinski definition) is 0. The molecule has 0 amide bonds. The predicted octanol–water partition coefficient (Wildman–Crippen LogP) is 3.22. The van der Waals surface area contributed by atoms with Crippen molar-refractivity contribution < 1.29 is 0 Å². The highest BCUT2D eigenvalue weighted by atomic mass is 14.8. The first kappa shape index (κ1) is 10.1. The Hall–Kier alpha value is -1.44. The molecule has 0 radical (unpaired) electrons. The molecule has 2 aromatic rings. The average Bonchev–Trinajstić information content (AvgIpc) is 2.16. The summed E-state index contributed by atoms with van der Waals surface area (Å²) >= 11 is 0. The Kier molecular flexibility index (Phi) is 2.43. The molecule has 0 N–H and O–H groups in total. The maximum Gasteiger partial charge on any atom is 0.0918 e. The first-order valence-electron chi connectivity index (χ1n) is 5.25. The summed E-state index contributed by atoms with van der Waals surface area (Å²) in [6.45, 7) is 6.71. The molecule has 2 rings (SSSR count). The maximum absolute atomic E-state index is 4.40. The number of fused-ring (bicyclic) bond motifs is 1. The Labute approximate surface area is 90.4 Å². The summed E-state index contributed by atoms with van der Waals surface area (Å²) in [5, 5.41) is 0. The van der Waals surface area contributed by atoms with E-state index in [2.05, 4.69) is 42.9 Å². The van der Waals surface area contributed by atoms with Crippen molar-refractivity contribution in [3.8, 4) is 0 Å². The fraction of sp³-hybridized carbons (Fsp3) is 0.385. The second-order valence-electron chi connectivity index (χ2n) is 5.08. The minimum Gasteiger partial charge on any atom is -0.253 e. The number of benzene rings is 1. The van der Waals surface area contributed by atoms with Crippen molar-refractivity contribution in [1.29, 1.82) is 0 Å². The molecule has 1 aromatic heterocycles. The topological polar surface area (TPSA) is 25.8 Å². The second-order valence-corrected chi connectivity index (χ2v) is 5.08. The smallest absolute Gasteiger partial charge is 0.0918 e. The number of para-hydroxylation sites is 1. The molecular formula is C13H16N2. The summed E-state index contributed by atoms with van der Waals surface area (Å²) in [5.41, 5.74) is 3.59. The van der Waals surface area contributed by atoms with Gasteiger partial charge in [-0.2, -0.15) is 0 Å². The molecule has 15 heavy (non-hydrogen) atoms. The van der Waals surface area contributed by atoms with E-state index in [4.69, 9.17) is 0 Å². The summed E-state index contributed by atoms with van der Waals surface area (Å²) in [4.78, 5) is 8.71. The van der Waals surface area contributed by atoms with Gasteiger partial charge in [0, 0.05) is 12.4 Å². The maximum atomic E-state index is 4.40. The van der Waals surface area contributed by atoms with Crippen molar-refractivity contribution in [3.63, 3.8) is 0 Å². The summed E-state index contributed by atoms with van der Waals surface area (Å²) < 4.78 is 0. The number of aromatic nitrogens is 2. The highest BCUT2D eigenvalue weighted by molar-refractivity contribution is 5.77. The van der Waals surface area contributed by atoms with Crippen LogP contribution in [0.3, 0.4) is 0 Å². The summed E-state index contributed by atoms with van der Waals surface area (Å²) in [6.07, 6.45) is 4.53. The van der Waals surface area contributed by atoms with Gasteiger partial charge >= 0.3 is 0 Å². The van der Waals surface area contributed by atoms with Gasteiger partial charge in [-0.05, 0) is 23.5 Å². The minimum atomic E-state index is 0.284. The molecule has 0 aliphatic heterocycles. The van der Waals surface area contributed by atoms with Gasteiger partial charge in [-0.1, -0.05) is 32.9 Å². The van der Waals surface area contributed by atoms with Crippen molar-refractivity contribution in [1.82, 2.24) is 9.97 Å². The van der Waals surface area contributed by atoms with Crippen LogP contribution in [0.1, 0.15) is 26.3 Å². The molecule has 0 saturated carbocycles. The number of rotatable bonds is 1. The number of nitrogens with zero attached hydrogens (tertiary/aromatic N) is 2. The molecule has 78 valence electrons. The number of hydrogen-bond acceptors (Lipinski definition) is 2. The molecule has 1 heterocycles. The van der Waals surface area contributed by atoms with E-state index in [0.717, 1.165) is 17.5 Å². The van der Waals surface area contributed by atoms with Crippen LogP contribution in [-0.4, -0.2) is 9.97 Å². The third-order valence-electron chi connectivity index (χ3n) is 2.30. The molecule has 0 aliphatic carbocycles. The lowest BCUT2D eigenvalue weighted by Gasteiger charge is -2.18. The van der Waals surface area contributed by atoms with E-state index in [0.29, 0.717) is 0 Å². The zero-order valence-corrected chi connectivity index (χ0v) is 9.49. The van der Waals surface area contributed by atoms with Crippen LogP contribution in [0, 0.1) is 5.41 Å². The van der Waals surface area contributed by atoms with Crippen LogP contribution in [-0.2, 0) is 6.42 Å². The van der Waals surface area contributed by atoms with Crippen LogP contribution in [0.25, 0.3) is 11.0 Å². The quantitative estimate of drug-likeness (QED) is 0.706. The Morgan fingerprint density at radius 3 is 2.53 bits per heavy atom. The molecule has 0 aliphatic rings. The molecule has 0 bridgehead atoms. The van der Waals surface area contributed by atoms with Gasteiger partial charge in [0.25, 0.3) is 0 Å². The zero-order valence-electron chi connectivity index (χ0n) is 9.49. The molecule has 0 spiro atoms. The third kappa shape index (κ3) is 2.32. The van der Waals surface area contributed by atoms with Gasteiger partial charge in [0.2, 0.25) is 0 Å². The van der Waals surface area contributed by atoms with Crippen molar-refractivity contribution in [2.75, 3.05) is 0 Å². The molecule has 0 fully saturated rings. The van der Waals surface area contributed by atoms with Crippen molar-refractivity contribution in [2.45, 2.75) is 27.2 Å². The van der Waals surface area contributed by atoms with Crippen LogP contribution >= 0.6 is 0 Å². The fourth-order valence-corrected chi connectivity index (χ4v) is 1.77. The van der Waals surface area contributed by atoms with Crippen LogP contribution in [0.4, 0.5) is 0 Å². The van der Waals surface area contributed by atoms with Crippen molar-refractivity contribution >= 4 is 11.0 Å². The van der Waals surface area contributed by atoms with E-state index in [-0.39, 0.29) is 5.41 Å². The van der Waals surface area contributed by atoms with Crippen LogP contribution < -0.4 is 0 Å². The van der Waals surface area contributed by atoms with Gasteiger partial charge in [-0.15, -0.1) is 0 Å². The van der Waals surface area contributed by atoms with Gasteiger partial charge in [0.1, 0.15) is 0 Å². The SMILES string of the molecule is CC(C)(C)Cc1cccc2nccnc12. The first-order chi connectivity index (χ1) is 7.06. The molecule has 0 unspecified atom stereocenters. The van der Waals surface area contributed by atoms with Gasteiger partial charge in [-0.25, -0.2) is 0 Å². The molecule has 1 aromatic carbocycles. The van der Waals surface area contributed by atoms with E-state index in [1.807, 2.05) is 6.07 Å². The minimum absolute atomic E-state index is 0.284. The second kappa shape index (κ2) is 3.61. The van der Waals surface area contributed by atoms with Crippen LogP contribution in [0.5, 0.6) is 0 Å². The van der Waals surface area contributed by atoms with Gasteiger partial charge in [0.15, 0.2) is 0 Å². The lowest BCUT2D eigenvalue weighted by molar-refractivity contribution is 0.412. The van der Waals surface area contributed by atoms with Crippen LogP contribution in [0.15, 0.2) is 30.6 Å². The van der Waals surface area contributed by atoms with Crippen molar-refractivity contribution in [2.24, 2.45) is 5.41 Å². The first-order valence-corrected chi connectivity index (χ1v) is 5.25. The van der Waals surface area contributed by atoms with E-state index >= 15 is 0 Å². The average molecular weight is 200 g/mol.